The Morgan fingerprint density at radius 1 is 1.83 bits per heavy atom. The second kappa shape index (κ2) is 2.73. The van der Waals surface area contributed by atoms with Gasteiger partial charge in [0.2, 0.25) is 5.91 Å². The highest BCUT2D eigenvalue weighted by atomic mass is 32.2. The first-order valence-corrected chi connectivity index (χ1v) is 4.54. The molecule has 6 heteroatoms. The van der Waals surface area contributed by atoms with E-state index in [9.17, 15) is 4.79 Å². The normalized spacial score (nSPS) is 26.7. The van der Waals surface area contributed by atoms with Crippen molar-refractivity contribution in [2.24, 2.45) is 5.11 Å². The van der Waals surface area contributed by atoms with Crippen molar-refractivity contribution in [2.75, 3.05) is 5.75 Å². The molecule has 1 atom stereocenters. The van der Waals surface area contributed by atoms with Crippen LogP contribution in [0.2, 0.25) is 0 Å². The van der Waals surface area contributed by atoms with Crippen LogP contribution < -0.4 is 0 Å². The molecular formula is C6H6N4OS. The Hall–Kier alpha value is -1.13. The molecular weight excluding hydrogens is 176 g/mol. The van der Waals surface area contributed by atoms with E-state index in [0.717, 1.165) is 0 Å². The Labute approximate surface area is 73.0 Å². The average molecular weight is 182 g/mol. The van der Waals surface area contributed by atoms with Gasteiger partial charge in [-0.25, -0.2) is 0 Å². The fraction of sp³-hybridized carbons (Fsp3) is 0.500. The highest BCUT2D eigenvalue weighted by Gasteiger charge is 2.37. The van der Waals surface area contributed by atoms with Crippen LogP contribution in [-0.4, -0.2) is 21.9 Å². The second-order valence-corrected chi connectivity index (χ2v) is 3.75. The number of carbonyl (C=O) groups excluding carboxylic acids is 1. The first-order chi connectivity index (χ1) is 5.81. The maximum Gasteiger partial charge on any atom is 0.230 e. The topological polar surface area (TPSA) is 69.1 Å². The standard InChI is InChI=1S/C6H6N4OS/c7-9-8-4-2-10-5(11)1-6(10)12-3-4/h2,6H,1,3H2. The van der Waals surface area contributed by atoms with Gasteiger partial charge in [0.05, 0.1) is 11.8 Å². The minimum absolute atomic E-state index is 0.109. The largest absolute Gasteiger partial charge is 0.306 e. The minimum atomic E-state index is 0.109. The van der Waals surface area contributed by atoms with Gasteiger partial charge in [-0.1, -0.05) is 5.11 Å². The summed E-state index contributed by atoms with van der Waals surface area (Å²) in [7, 11) is 0. The maximum atomic E-state index is 10.9. The highest BCUT2D eigenvalue weighted by Crippen LogP contribution is 2.35. The lowest BCUT2D eigenvalue weighted by Gasteiger charge is -2.40. The summed E-state index contributed by atoms with van der Waals surface area (Å²) in [6.45, 7) is 0. The number of hydrogen-bond acceptors (Lipinski definition) is 3. The SMILES string of the molecule is [N-]=[N+]=NC1=CN2C(=O)CC2SC1. The number of thioether (sulfide) groups is 1. The summed E-state index contributed by atoms with van der Waals surface area (Å²) >= 11 is 1.64. The first kappa shape index (κ1) is 7.52. The summed E-state index contributed by atoms with van der Waals surface area (Å²) in [5, 5.41) is 3.75. The van der Waals surface area contributed by atoms with Gasteiger partial charge in [-0.3, -0.25) is 4.79 Å². The molecule has 12 heavy (non-hydrogen) atoms. The Kier molecular flexibility index (Phi) is 1.71. The first-order valence-electron chi connectivity index (χ1n) is 3.50. The van der Waals surface area contributed by atoms with Gasteiger partial charge >= 0.3 is 0 Å². The van der Waals surface area contributed by atoms with E-state index >= 15 is 0 Å². The molecule has 0 aromatic rings. The molecule has 0 N–H and O–H groups in total. The van der Waals surface area contributed by atoms with E-state index in [1.54, 1.807) is 22.9 Å². The van der Waals surface area contributed by atoms with Crippen molar-refractivity contribution >= 4 is 17.7 Å². The van der Waals surface area contributed by atoms with E-state index in [1.807, 2.05) is 0 Å². The molecule has 1 amide bonds. The quantitative estimate of drug-likeness (QED) is 0.266. The number of azide groups is 1. The molecule has 2 aliphatic heterocycles. The molecule has 62 valence electrons. The van der Waals surface area contributed by atoms with Crippen molar-refractivity contribution in [3.8, 4) is 0 Å². The van der Waals surface area contributed by atoms with Crippen LogP contribution in [0.3, 0.4) is 0 Å². The Morgan fingerprint density at radius 3 is 3.33 bits per heavy atom. The third kappa shape index (κ3) is 1.05. The van der Waals surface area contributed by atoms with Crippen molar-refractivity contribution < 1.29 is 4.79 Å². The van der Waals surface area contributed by atoms with E-state index in [2.05, 4.69) is 10.0 Å². The number of nitrogens with zero attached hydrogens (tertiary/aromatic N) is 4. The number of fused-ring (bicyclic) bond motifs is 1. The lowest BCUT2D eigenvalue weighted by atomic mass is 10.2. The average Bonchev–Trinajstić information content (AvgIpc) is 2.07. The van der Waals surface area contributed by atoms with Gasteiger partial charge in [0.25, 0.3) is 0 Å². The van der Waals surface area contributed by atoms with Crippen LogP contribution in [0.1, 0.15) is 6.42 Å². The number of β-lactam (4-membered cyclic amide) rings is 1. The molecule has 0 aromatic carbocycles. The molecule has 2 rings (SSSR count). The monoisotopic (exact) mass is 182 g/mol. The van der Waals surface area contributed by atoms with Crippen molar-refractivity contribution in [3.05, 3.63) is 22.3 Å². The van der Waals surface area contributed by atoms with Crippen LogP contribution in [0, 0.1) is 0 Å². The minimum Gasteiger partial charge on any atom is -0.306 e. The molecule has 1 unspecified atom stereocenters. The predicted octanol–water partition coefficient (Wildman–Crippen LogP) is 1.44. The summed E-state index contributed by atoms with van der Waals surface area (Å²) in [6.07, 6.45) is 2.26. The summed E-state index contributed by atoms with van der Waals surface area (Å²) in [4.78, 5) is 15.2. The zero-order valence-corrected chi connectivity index (χ0v) is 6.99. The number of amides is 1. The van der Waals surface area contributed by atoms with Gasteiger partial charge in [0.1, 0.15) is 0 Å². The number of hydrogen-bond donors (Lipinski definition) is 0. The van der Waals surface area contributed by atoms with Gasteiger partial charge in [0, 0.05) is 22.6 Å². The van der Waals surface area contributed by atoms with E-state index in [1.165, 1.54) is 0 Å². The Morgan fingerprint density at radius 2 is 2.67 bits per heavy atom. The van der Waals surface area contributed by atoms with Crippen LogP contribution >= 0.6 is 11.8 Å². The second-order valence-electron chi connectivity index (χ2n) is 2.58. The van der Waals surface area contributed by atoms with Crippen molar-refractivity contribution in [3.63, 3.8) is 0 Å². The summed E-state index contributed by atoms with van der Waals surface area (Å²) in [5.41, 5.74) is 8.79. The molecule has 1 fully saturated rings. The van der Waals surface area contributed by atoms with E-state index < -0.39 is 0 Å². The van der Waals surface area contributed by atoms with Crippen LogP contribution in [-0.2, 0) is 4.79 Å². The number of carbonyl (C=O) groups is 1. The van der Waals surface area contributed by atoms with Crippen molar-refractivity contribution in [2.45, 2.75) is 11.8 Å². The highest BCUT2D eigenvalue weighted by molar-refractivity contribution is 8.00. The van der Waals surface area contributed by atoms with Gasteiger partial charge in [-0.2, -0.15) is 0 Å². The Balaban J connectivity index is 2.18. The maximum absolute atomic E-state index is 10.9. The van der Waals surface area contributed by atoms with Crippen LogP contribution in [0.5, 0.6) is 0 Å². The van der Waals surface area contributed by atoms with Crippen LogP contribution in [0.4, 0.5) is 0 Å². The zero-order valence-electron chi connectivity index (χ0n) is 6.17. The van der Waals surface area contributed by atoms with Gasteiger partial charge in [-0.05, 0) is 5.53 Å². The summed E-state index contributed by atoms with van der Waals surface area (Å²) < 4.78 is 0. The molecule has 2 aliphatic rings. The predicted molar refractivity (Wildman–Crippen MR) is 44.9 cm³/mol. The fourth-order valence-corrected chi connectivity index (χ4v) is 2.28. The molecule has 0 aromatic heterocycles. The van der Waals surface area contributed by atoms with Crippen LogP contribution in [0.15, 0.2) is 17.0 Å². The molecule has 2 heterocycles. The van der Waals surface area contributed by atoms with Crippen LogP contribution in [0.25, 0.3) is 10.4 Å². The van der Waals surface area contributed by atoms with E-state index in [4.69, 9.17) is 5.53 Å². The molecule has 1 saturated heterocycles. The molecule has 0 bridgehead atoms. The third-order valence-corrected chi connectivity index (χ3v) is 3.07. The molecule has 0 saturated carbocycles. The zero-order chi connectivity index (χ0) is 8.55. The molecule has 0 radical (unpaired) electrons. The van der Waals surface area contributed by atoms with E-state index in [0.29, 0.717) is 17.9 Å². The van der Waals surface area contributed by atoms with Gasteiger partial charge in [0.15, 0.2) is 0 Å². The fourth-order valence-electron chi connectivity index (χ4n) is 1.19. The smallest absolute Gasteiger partial charge is 0.230 e. The summed E-state index contributed by atoms with van der Waals surface area (Å²) in [6, 6.07) is 0. The van der Waals surface area contributed by atoms with Crippen molar-refractivity contribution in [1.29, 1.82) is 0 Å². The molecule has 5 nitrogen and oxygen atoms in total. The summed E-state index contributed by atoms with van der Waals surface area (Å²) in [5.74, 6) is 0.816. The van der Waals surface area contributed by atoms with E-state index in [-0.39, 0.29) is 11.3 Å². The van der Waals surface area contributed by atoms with Gasteiger partial charge in [-0.15, -0.1) is 11.8 Å². The lowest BCUT2D eigenvalue weighted by molar-refractivity contribution is -0.137. The third-order valence-electron chi connectivity index (χ3n) is 1.83. The Bertz CT molecular complexity index is 307. The van der Waals surface area contributed by atoms with Gasteiger partial charge < -0.3 is 4.90 Å². The molecule has 0 aliphatic carbocycles. The number of rotatable bonds is 1. The van der Waals surface area contributed by atoms with Crippen molar-refractivity contribution in [1.82, 2.24) is 4.90 Å². The lowest BCUT2D eigenvalue weighted by Crippen LogP contribution is -2.48. The molecule has 0 spiro atoms.